The van der Waals surface area contributed by atoms with Crippen molar-refractivity contribution in [2.75, 3.05) is 19.0 Å². The van der Waals surface area contributed by atoms with Crippen molar-refractivity contribution in [3.63, 3.8) is 0 Å². The number of benzene rings is 2. The van der Waals surface area contributed by atoms with E-state index < -0.39 is 34.2 Å². The number of rotatable bonds is 12. The van der Waals surface area contributed by atoms with Crippen molar-refractivity contribution >= 4 is 33.9 Å². The van der Waals surface area contributed by atoms with Gasteiger partial charge in [-0.3, -0.25) is 4.79 Å². The Morgan fingerprint density at radius 2 is 1.68 bits per heavy atom. The Balaban J connectivity index is 1.97. The van der Waals surface area contributed by atoms with Gasteiger partial charge in [0, 0.05) is 12.2 Å². The van der Waals surface area contributed by atoms with E-state index in [9.17, 15) is 22.8 Å². The highest BCUT2D eigenvalue weighted by Gasteiger charge is 2.22. The number of nitrogens with two attached hydrogens (primary N) is 1. The van der Waals surface area contributed by atoms with Crippen LogP contribution in [0.25, 0.3) is 0 Å². The first kappa shape index (κ1) is 26.8. The minimum absolute atomic E-state index is 0.0360. The molecule has 0 saturated heterocycles. The van der Waals surface area contributed by atoms with Gasteiger partial charge >= 0.3 is 12.1 Å². The van der Waals surface area contributed by atoms with Gasteiger partial charge in [-0.1, -0.05) is 30.3 Å². The summed E-state index contributed by atoms with van der Waals surface area (Å²) < 4.78 is 33.9. The lowest BCUT2D eigenvalue weighted by molar-refractivity contribution is -0.118. The molecule has 0 aromatic heterocycles. The largest absolute Gasteiger partial charge is 0.465 e. The van der Waals surface area contributed by atoms with Crippen LogP contribution >= 0.6 is 0 Å². The molecule has 2 amide bonds. The van der Waals surface area contributed by atoms with E-state index in [1.54, 1.807) is 12.1 Å². The zero-order valence-corrected chi connectivity index (χ0v) is 19.5. The van der Waals surface area contributed by atoms with Crippen molar-refractivity contribution in [1.82, 2.24) is 10.0 Å². The summed E-state index contributed by atoms with van der Waals surface area (Å²) >= 11 is 0. The molecule has 2 aromatic rings. The number of unbranched alkanes of at least 4 members (excludes halogenated alkanes) is 1. The second-order valence-corrected chi connectivity index (χ2v) is 8.63. The molecule has 0 aliphatic heterocycles. The summed E-state index contributed by atoms with van der Waals surface area (Å²) in [7, 11) is -2.53. The minimum atomic E-state index is -3.80. The third-order valence-corrected chi connectivity index (χ3v) is 5.22. The Morgan fingerprint density at radius 3 is 2.29 bits per heavy atom. The summed E-state index contributed by atoms with van der Waals surface area (Å²) in [4.78, 5) is 36.7. The first-order valence-electron chi connectivity index (χ1n) is 10.4. The number of carbonyl (C=O) groups is 3. The van der Waals surface area contributed by atoms with Gasteiger partial charge in [-0.05, 0) is 49.1 Å². The van der Waals surface area contributed by atoms with Crippen molar-refractivity contribution in [3.05, 3.63) is 65.7 Å². The molecule has 0 radical (unpaired) electrons. The highest BCUT2D eigenvalue weighted by molar-refractivity contribution is 7.87. The summed E-state index contributed by atoms with van der Waals surface area (Å²) in [6.45, 7) is 0.134. The van der Waals surface area contributed by atoms with Gasteiger partial charge in [0.2, 0.25) is 5.91 Å². The van der Waals surface area contributed by atoms with Crippen LogP contribution in [0.5, 0.6) is 0 Å². The van der Waals surface area contributed by atoms with Crippen molar-refractivity contribution in [3.8, 4) is 0 Å². The van der Waals surface area contributed by atoms with Gasteiger partial charge in [0.25, 0.3) is 10.2 Å². The molecule has 12 heteroatoms. The molecule has 0 fully saturated rings. The molecule has 2 aromatic carbocycles. The number of alkyl carbamates (subject to hydrolysis) is 1. The van der Waals surface area contributed by atoms with Crippen LogP contribution in [0.15, 0.2) is 54.6 Å². The van der Waals surface area contributed by atoms with Crippen molar-refractivity contribution in [1.29, 1.82) is 0 Å². The molecular weight excluding hydrogens is 464 g/mol. The molecule has 184 valence electrons. The second-order valence-electron chi connectivity index (χ2n) is 7.25. The maximum Gasteiger partial charge on any atom is 0.408 e. The molecule has 5 N–H and O–H groups in total. The van der Waals surface area contributed by atoms with E-state index in [4.69, 9.17) is 9.88 Å². The molecule has 1 atom stereocenters. The van der Waals surface area contributed by atoms with Gasteiger partial charge in [-0.15, -0.1) is 0 Å². The van der Waals surface area contributed by atoms with Crippen LogP contribution in [0.1, 0.15) is 35.2 Å². The third kappa shape index (κ3) is 9.98. The summed E-state index contributed by atoms with van der Waals surface area (Å²) in [5, 5.41) is 10.1. The predicted molar refractivity (Wildman–Crippen MR) is 125 cm³/mol. The second kappa shape index (κ2) is 13.3. The fraction of sp³-hybridized carbons (Fsp3) is 0.318. The quantitative estimate of drug-likeness (QED) is 0.258. The topological polar surface area (TPSA) is 166 Å². The summed E-state index contributed by atoms with van der Waals surface area (Å²) in [5.41, 5.74) is 1.53. The van der Waals surface area contributed by atoms with E-state index in [0.717, 1.165) is 5.56 Å². The summed E-state index contributed by atoms with van der Waals surface area (Å²) in [6.07, 6.45) is 0.266. The van der Waals surface area contributed by atoms with Gasteiger partial charge in [0.05, 0.1) is 12.7 Å². The maximum atomic E-state index is 12.8. The number of nitrogens with one attached hydrogen (secondary N) is 3. The molecule has 0 aliphatic rings. The Morgan fingerprint density at radius 1 is 1.00 bits per heavy atom. The molecule has 0 unspecified atom stereocenters. The maximum absolute atomic E-state index is 12.8. The molecule has 0 aliphatic carbocycles. The van der Waals surface area contributed by atoms with Crippen LogP contribution in [-0.4, -0.2) is 46.1 Å². The van der Waals surface area contributed by atoms with Gasteiger partial charge in [0.1, 0.15) is 12.6 Å². The van der Waals surface area contributed by atoms with Gasteiger partial charge in [0.15, 0.2) is 0 Å². The van der Waals surface area contributed by atoms with Gasteiger partial charge in [-0.2, -0.15) is 8.42 Å². The summed E-state index contributed by atoms with van der Waals surface area (Å²) in [6, 6.07) is 14.2. The van der Waals surface area contributed by atoms with Crippen molar-refractivity contribution in [2.45, 2.75) is 31.9 Å². The Kier molecular flexibility index (Phi) is 10.5. The monoisotopic (exact) mass is 492 g/mol. The summed E-state index contributed by atoms with van der Waals surface area (Å²) in [5.74, 6) is -1.01. The molecular formula is C22H28N4O7S. The van der Waals surface area contributed by atoms with Crippen molar-refractivity contribution < 1.29 is 32.3 Å². The van der Waals surface area contributed by atoms with Crippen molar-refractivity contribution in [2.24, 2.45) is 5.14 Å². The number of esters is 1. The number of ether oxygens (including phenoxy) is 2. The molecule has 11 nitrogen and oxygen atoms in total. The van der Waals surface area contributed by atoms with Crippen LogP contribution in [-0.2, 0) is 31.1 Å². The van der Waals surface area contributed by atoms with Crippen LogP contribution in [0.2, 0.25) is 0 Å². The lowest BCUT2D eigenvalue weighted by Crippen LogP contribution is -2.44. The van der Waals surface area contributed by atoms with Gasteiger partial charge in [-0.25, -0.2) is 19.5 Å². The predicted octanol–water partition coefficient (Wildman–Crippen LogP) is 1.67. The molecule has 0 spiro atoms. The first-order valence-corrected chi connectivity index (χ1v) is 12.0. The Hall–Kier alpha value is -3.48. The number of hydrogen-bond acceptors (Lipinski definition) is 7. The van der Waals surface area contributed by atoms with E-state index in [0.29, 0.717) is 24.1 Å². The van der Waals surface area contributed by atoms with Gasteiger partial charge < -0.3 is 20.1 Å². The van der Waals surface area contributed by atoms with E-state index in [1.165, 1.54) is 31.4 Å². The standard InChI is InChI=1S/C22H28N4O7S/c1-32-21(28)17-10-12-18(13-11-17)25-20(27)19(9-5-6-14-24-34(23,30)31)26-22(29)33-15-16-7-3-2-4-8-16/h2-4,7-8,10-13,19,24H,5-6,9,14-15H2,1H3,(H,25,27)(H,26,29)(H2,23,30,31)/t19-/m0/s1. The number of anilines is 1. The molecule has 0 heterocycles. The molecule has 0 bridgehead atoms. The van der Waals surface area contributed by atoms with Crippen LogP contribution in [0.3, 0.4) is 0 Å². The lowest BCUT2D eigenvalue weighted by atomic mass is 10.1. The zero-order chi connectivity index (χ0) is 25.0. The smallest absolute Gasteiger partial charge is 0.408 e. The highest BCUT2D eigenvalue weighted by Crippen LogP contribution is 2.12. The lowest BCUT2D eigenvalue weighted by Gasteiger charge is -2.18. The average molecular weight is 493 g/mol. The number of hydrogen-bond donors (Lipinski definition) is 4. The Bertz CT molecular complexity index is 1060. The number of amides is 2. The third-order valence-electron chi connectivity index (χ3n) is 4.62. The normalized spacial score (nSPS) is 11.8. The van der Waals surface area contributed by atoms with Crippen LogP contribution in [0.4, 0.5) is 10.5 Å². The zero-order valence-electron chi connectivity index (χ0n) is 18.7. The van der Waals surface area contributed by atoms with E-state index in [2.05, 4.69) is 20.1 Å². The van der Waals surface area contributed by atoms with E-state index in [1.807, 2.05) is 18.2 Å². The Labute approximate surface area is 198 Å². The molecule has 34 heavy (non-hydrogen) atoms. The number of methoxy groups -OCH3 is 1. The van der Waals surface area contributed by atoms with Crippen LogP contribution in [0, 0.1) is 0 Å². The average Bonchev–Trinajstić information content (AvgIpc) is 2.81. The van der Waals surface area contributed by atoms with E-state index >= 15 is 0 Å². The number of carbonyl (C=O) groups excluding carboxylic acids is 3. The van der Waals surface area contributed by atoms with Crippen LogP contribution < -0.4 is 20.5 Å². The first-order chi connectivity index (χ1) is 16.2. The molecule has 2 rings (SSSR count). The SMILES string of the molecule is COC(=O)c1ccc(NC(=O)[C@H](CCCCNS(N)(=O)=O)NC(=O)OCc2ccccc2)cc1. The fourth-order valence-electron chi connectivity index (χ4n) is 2.90. The molecule has 0 saturated carbocycles. The highest BCUT2D eigenvalue weighted by atomic mass is 32.2. The minimum Gasteiger partial charge on any atom is -0.465 e. The fourth-order valence-corrected chi connectivity index (χ4v) is 3.33. The van der Waals surface area contributed by atoms with E-state index in [-0.39, 0.29) is 19.6 Å².